The highest BCUT2D eigenvalue weighted by molar-refractivity contribution is 7.09. The standard InChI is InChI=1S/C19H21FN2O2S/c20-16-4-1-3-15(13-16)14-19(24)22-10-8-21(9-11-22)18(23)7-6-17-5-2-12-25-17/h1-5,12-13H,6-11,14H2. The van der Waals surface area contributed by atoms with Crippen LogP contribution in [-0.2, 0) is 22.4 Å². The molecule has 0 aliphatic carbocycles. The van der Waals surface area contributed by atoms with Crippen LogP contribution in [0.4, 0.5) is 4.39 Å². The molecule has 4 nitrogen and oxygen atoms in total. The SMILES string of the molecule is O=C(CCc1cccs1)N1CCN(C(=O)Cc2cccc(F)c2)CC1. The largest absolute Gasteiger partial charge is 0.339 e. The second kappa shape index (κ2) is 8.25. The molecule has 0 bridgehead atoms. The number of rotatable bonds is 5. The molecule has 1 fully saturated rings. The predicted molar refractivity (Wildman–Crippen MR) is 95.9 cm³/mol. The van der Waals surface area contributed by atoms with Crippen molar-refractivity contribution in [2.45, 2.75) is 19.3 Å². The van der Waals surface area contributed by atoms with Gasteiger partial charge in [0.15, 0.2) is 0 Å². The number of hydrogen-bond acceptors (Lipinski definition) is 3. The lowest BCUT2D eigenvalue weighted by Crippen LogP contribution is -2.51. The monoisotopic (exact) mass is 360 g/mol. The van der Waals surface area contributed by atoms with Crippen molar-refractivity contribution in [3.8, 4) is 0 Å². The Labute approximate surface area is 150 Å². The molecule has 3 rings (SSSR count). The van der Waals surface area contributed by atoms with Crippen LogP contribution in [0.3, 0.4) is 0 Å². The summed E-state index contributed by atoms with van der Waals surface area (Å²) < 4.78 is 13.2. The Morgan fingerprint density at radius 2 is 1.72 bits per heavy atom. The zero-order valence-corrected chi connectivity index (χ0v) is 14.8. The molecule has 0 saturated carbocycles. The molecule has 0 radical (unpaired) electrons. The predicted octanol–water partition coefficient (Wildman–Crippen LogP) is 2.73. The first-order valence-corrected chi connectivity index (χ1v) is 9.32. The van der Waals surface area contributed by atoms with Crippen molar-refractivity contribution >= 4 is 23.2 Å². The number of benzene rings is 1. The molecule has 1 aromatic heterocycles. The van der Waals surface area contributed by atoms with Gasteiger partial charge in [-0.05, 0) is 35.6 Å². The fourth-order valence-electron chi connectivity index (χ4n) is 2.98. The Hall–Kier alpha value is -2.21. The van der Waals surface area contributed by atoms with Crippen molar-refractivity contribution in [1.29, 1.82) is 0 Å². The van der Waals surface area contributed by atoms with Gasteiger partial charge in [-0.1, -0.05) is 18.2 Å². The van der Waals surface area contributed by atoms with E-state index in [-0.39, 0.29) is 24.1 Å². The minimum absolute atomic E-state index is 0.0173. The van der Waals surface area contributed by atoms with Gasteiger partial charge in [0.1, 0.15) is 5.82 Å². The molecule has 2 heterocycles. The maximum Gasteiger partial charge on any atom is 0.227 e. The fourth-order valence-corrected chi connectivity index (χ4v) is 3.69. The Morgan fingerprint density at radius 3 is 2.36 bits per heavy atom. The molecule has 2 aromatic rings. The van der Waals surface area contributed by atoms with Crippen LogP contribution in [0.5, 0.6) is 0 Å². The molecular formula is C19H21FN2O2S. The van der Waals surface area contributed by atoms with Gasteiger partial charge in [0.05, 0.1) is 6.42 Å². The van der Waals surface area contributed by atoms with E-state index in [2.05, 4.69) is 0 Å². The van der Waals surface area contributed by atoms with E-state index in [1.165, 1.54) is 17.0 Å². The highest BCUT2D eigenvalue weighted by atomic mass is 32.1. The lowest BCUT2D eigenvalue weighted by Gasteiger charge is -2.35. The summed E-state index contributed by atoms with van der Waals surface area (Å²) in [6.07, 6.45) is 1.48. The highest BCUT2D eigenvalue weighted by Crippen LogP contribution is 2.13. The third-order valence-electron chi connectivity index (χ3n) is 4.39. The zero-order chi connectivity index (χ0) is 17.6. The van der Waals surface area contributed by atoms with E-state index < -0.39 is 0 Å². The van der Waals surface area contributed by atoms with Crippen molar-refractivity contribution in [1.82, 2.24) is 9.80 Å². The van der Waals surface area contributed by atoms with Crippen LogP contribution in [0.1, 0.15) is 16.9 Å². The minimum atomic E-state index is -0.327. The molecule has 0 N–H and O–H groups in total. The third kappa shape index (κ3) is 4.89. The summed E-state index contributed by atoms with van der Waals surface area (Å²) >= 11 is 1.67. The number of piperazine rings is 1. The van der Waals surface area contributed by atoms with Gasteiger partial charge in [-0.15, -0.1) is 11.3 Å². The molecule has 0 unspecified atom stereocenters. The molecule has 1 aliphatic rings. The van der Waals surface area contributed by atoms with Gasteiger partial charge in [-0.3, -0.25) is 9.59 Å². The topological polar surface area (TPSA) is 40.6 Å². The van der Waals surface area contributed by atoms with E-state index in [0.717, 1.165) is 6.42 Å². The lowest BCUT2D eigenvalue weighted by molar-refractivity contribution is -0.139. The van der Waals surface area contributed by atoms with Crippen LogP contribution >= 0.6 is 11.3 Å². The average Bonchev–Trinajstić information content (AvgIpc) is 3.13. The summed E-state index contributed by atoms with van der Waals surface area (Å²) in [5, 5.41) is 2.02. The van der Waals surface area contributed by atoms with E-state index in [0.29, 0.717) is 38.2 Å². The Morgan fingerprint density at radius 1 is 1.00 bits per heavy atom. The molecule has 1 aromatic carbocycles. The first kappa shape index (κ1) is 17.6. The number of halogens is 1. The van der Waals surface area contributed by atoms with Crippen molar-refractivity contribution in [2.75, 3.05) is 26.2 Å². The normalized spacial score (nSPS) is 14.6. The van der Waals surface area contributed by atoms with Crippen molar-refractivity contribution in [3.63, 3.8) is 0 Å². The number of carbonyl (C=O) groups excluding carboxylic acids is 2. The smallest absolute Gasteiger partial charge is 0.227 e. The molecule has 0 atom stereocenters. The van der Waals surface area contributed by atoms with E-state index in [1.807, 2.05) is 22.4 Å². The van der Waals surface area contributed by atoms with Gasteiger partial charge in [0.25, 0.3) is 0 Å². The van der Waals surface area contributed by atoms with Crippen molar-refractivity contribution in [3.05, 3.63) is 58.0 Å². The molecule has 0 spiro atoms. The Bertz CT molecular complexity index is 725. The van der Waals surface area contributed by atoms with Crippen LogP contribution in [0.15, 0.2) is 41.8 Å². The van der Waals surface area contributed by atoms with Gasteiger partial charge in [-0.25, -0.2) is 4.39 Å². The second-order valence-corrected chi connectivity index (χ2v) is 7.18. The quantitative estimate of drug-likeness (QED) is 0.823. The van der Waals surface area contributed by atoms with Crippen LogP contribution in [0.2, 0.25) is 0 Å². The lowest BCUT2D eigenvalue weighted by atomic mass is 10.1. The van der Waals surface area contributed by atoms with E-state index in [1.54, 1.807) is 28.4 Å². The van der Waals surface area contributed by atoms with Crippen molar-refractivity contribution in [2.24, 2.45) is 0 Å². The highest BCUT2D eigenvalue weighted by Gasteiger charge is 2.24. The first-order chi connectivity index (χ1) is 12.1. The molecule has 2 amide bonds. The van der Waals surface area contributed by atoms with Crippen LogP contribution in [0.25, 0.3) is 0 Å². The third-order valence-corrected chi connectivity index (χ3v) is 5.33. The molecule has 132 valence electrons. The van der Waals surface area contributed by atoms with E-state index in [9.17, 15) is 14.0 Å². The first-order valence-electron chi connectivity index (χ1n) is 8.44. The van der Waals surface area contributed by atoms with E-state index >= 15 is 0 Å². The second-order valence-electron chi connectivity index (χ2n) is 6.15. The average molecular weight is 360 g/mol. The molecule has 1 aliphatic heterocycles. The zero-order valence-electron chi connectivity index (χ0n) is 14.0. The summed E-state index contributed by atoms with van der Waals surface area (Å²) in [7, 11) is 0. The number of hydrogen-bond donors (Lipinski definition) is 0. The van der Waals surface area contributed by atoms with Crippen LogP contribution < -0.4 is 0 Å². The fraction of sp³-hybridized carbons (Fsp3) is 0.368. The maximum atomic E-state index is 13.2. The summed E-state index contributed by atoms with van der Waals surface area (Å²) in [6, 6.07) is 10.2. The van der Waals surface area contributed by atoms with Crippen molar-refractivity contribution < 1.29 is 14.0 Å². The Kier molecular flexibility index (Phi) is 5.81. The molecule has 1 saturated heterocycles. The number of carbonyl (C=O) groups is 2. The van der Waals surface area contributed by atoms with Crippen LogP contribution in [-0.4, -0.2) is 47.8 Å². The maximum absolute atomic E-state index is 13.2. The van der Waals surface area contributed by atoms with Crippen LogP contribution in [0, 0.1) is 5.82 Å². The summed E-state index contributed by atoms with van der Waals surface area (Å²) in [4.78, 5) is 29.4. The molecular weight excluding hydrogens is 339 g/mol. The molecule has 25 heavy (non-hydrogen) atoms. The minimum Gasteiger partial charge on any atom is -0.339 e. The van der Waals surface area contributed by atoms with Gasteiger partial charge >= 0.3 is 0 Å². The van der Waals surface area contributed by atoms with Gasteiger partial charge < -0.3 is 9.80 Å². The van der Waals surface area contributed by atoms with Gasteiger partial charge in [0.2, 0.25) is 11.8 Å². The Balaban J connectivity index is 1.44. The summed E-state index contributed by atoms with van der Waals surface area (Å²) in [6.45, 7) is 2.22. The van der Waals surface area contributed by atoms with Gasteiger partial charge in [0, 0.05) is 37.5 Å². The van der Waals surface area contributed by atoms with Gasteiger partial charge in [-0.2, -0.15) is 0 Å². The number of amides is 2. The number of thiophene rings is 1. The summed E-state index contributed by atoms with van der Waals surface area (Å²) in [5.74, 6) is -0.201. The summed E-state index contributed by atoms with van der Waals surface area (Å²) in [5.41, 5.74) is 0.680. The number of aryl methyl sites for hydroxylation is 1. The molecule has 6 heteroatoms. The van der Waals surface area contributed by atoms with E-state index in [4.69, 9.17) is 0 Å². The number of nitrogens with zero attached hydrogens (tertiary/aromatic N) is 2.